The van der Waals surface area contributed by atoms with Crippen LogP contribution in [0.3, 0.4) is 0 Å². The standard InChI is InChI=1S/C10H9ClN4O2/c1-17-8-4-6(2-3-12-8)14-10-13-5-7(11)9(16)15-10/h2-5H,1H3,(H2,12,13,14,15,16). The van der Waals surface area contributed by atoms with Crippen LogP contribution < -0.4 is 10.1 Å². The van der Waals surface area contributed by atoms with Gasteiger partial charge >= 0.3 is 0 Å². The summed E-state index contributed by atoms with van der Waals surface area (Å²) >= 11 is 5.60. The maximum Gasteiger partial charge on any atom is 0.235 e. The third kappa shape index (κ3) is 2.73. The van der Waals surface area contributed by atoms with E-state index in [-0.39, 0.29) is 16.9 Å². The molecule has 0 aliphatic rings. The van der Waals surface area contributed by atoms with E-state index in [1.165, 1.54) is 13.3 Å². The molecule has 0 atom stereocenters. The van der Waals surface area contributed by atoms with Crippen LogP contribution in [0, 0.1) is 0 Å². The first-order chi connectivity index (χ1) is 8.19. The molecule has 2 rings (SSSR count). The highest BCUT2D eigenvalue weighted by atomic mass is 35.5. The predicted octanol–water partition coefficient (Wildman–Crippen LogP) is 1.98. The summed E-state index contributed by atoms with van der Waals surface area (Å²) in [6.07, 6.45) is 2.89. The maximum atomic E-state index is 9.32. The van der Waals surface area contributed by atoms with Crippen LogP contribution >= 0.6 is 11.6 Å². The van der Waals surface area contributed by atoms with Gasteiger partial charge in [-0.15, -0.1) is 0 Å². The number of ether oxygens (including phenoxy) is 1. The topological polar surface area (TPSA) is 80.2 Å². The first-order valence-corrected chi connectivity index (χ1v) is 5.05. The molecule has 2 aromatic rings. The molecule has 0 aromatic carbocycles. The van der Waals surface area contributed by atoms with Crippen LogP contribution in [0.15, 0.2) is 24.5 Å². The monoisotopic (exact) mass is 252 g/mol. The van der Waals surface area contributed by atoms with Crippen molar-refractivity contribution in [2.24, 2.45) is 0 Å². The first-order valence-electron chi connectivity index (χ1n) is 4.67. The lowest BCUT2D eigenvalue weighted by atomic mass is 10.4. The van der Waals surface area contributed by atoms with E-state index in [9.17, 15) is 5.11 Å². The van der Waals surface area contributed by atoms with E-state index in [1.807, 2.05) is 0 Å². The molecule has 0 fully saturated rings. The van der Waals surface area contributed by atoms with Gasteiger partial charge in [0.25, 0.3) is 0 Å². The van der Waals surface area contributed by atoms with Crippen LogP contribution in [0.25, 0.3) is 0 Å². The molecule has 0 aliphatic carbocycles. The number of halogens is 1. The lowest BCUT2D eigenvalue weighted by Gasteiger charge is -2.06. The number of rotatable bonds is 3. The summed E-state index contributed by atoms with van der Waals surface area (Å²) < 4.78 is 4.97. The zero-order chi connectivity index (χ0) is 12.3. The highest BCUT2D eigenvalue weighted by Gasteiger charge is 2.04. The molecule has 7 heteroatoms. The lowest BCUT2D eigenvalue weighted by Crippen LogP contribution is -1.97. The summed E-state index contributed by atoms with van der Waals surface area (Å²) in [6.45, 7) is 0. The van der Waals surface area contributed by atoms with Gasteiger partial charge in [-0.25, -0.2) is 9.97 Å². The molecule has 17 heavy (non-hydrogen) atoms. The second-order valence-corrected chi connectivity index (χ2v) is 3.48. The summed E-state index contributed by atoms with van der Waals surface area (Å²) in [4.78, 5) is 11.6. The molecular weight excluding hydrogens is 244 g/mol. The fourth-order valence-electron chi connectivity index (χ4n) is 1.15. The molecule has 0 spiro atoms. The molecule has 2 aromatic heterocycles. The second-order valence-electron chi connectivity index (χ2n) is 3.08. The molecule has 2 heterocycles. The quantitative estimate of drug-likeness (QED) is 0.870. The second kappa shape index (κ2) is 4.84. The predicted molar refractivity (Wildman–Crippen MR) is 62.8 cm³/mol. The Morgan fingerprint density at radius 3 is 2.94 bits per heavy atom. The number of pyridine rings is 1. The third-order valence-corrected chi connectivity index (χ3v) is 2.19. The number of aromatic nitrogens is 3. The van der Waals surface area contributed by atoms with Crippen LogP contribution in [-0.2, 0) is 0 Å². The van der Waals surface area contributed by atoms with Crippen molar-refractivity contribution in [3.63, 3.8) is 0 Å². The van der Waals surface area contributed by atoms with Crippen molar-refractivity contribution < 1.29 is 9.84 Å². The van der Waals surface area contributed by atoms with E-state index in [0.717, 1.165) is 0 Å². The van der Waals surface area contributed by atoms with E-state index >= 15 is 0 Å². The van der Waals surface area contributed by atoms with Crippen LogP contribution in [0.1, 0.15) is 0 Å². The van der Waals surface area contributed by atoms with Crippen molar-refractivity contribution in [3.05, 3.63) is 29.5 Å². The Morgan fingerprint density at radius 2 is 2.24 bits per heavy atom. The number of hydrogen-bond acceptors (Lipinski definition) is 6. The van der Waals surface area contributed by atoms with Crippen molar-refractivity contribution in [1.29, 1.82) is 0 Å². The Labute approximate surface area is 102 Å². The zero-order valence-corrected chi connectivity index (χ0v) is 9.64. The molecule has 0 saturated carbocycles. The van der Waals surface area contributed by atoms with Crippen LogP contribution in [-0.4, -0.2) is 27.2 Å². The first kappa shape index (κ1) is 11.4. The average molecular weight is 253 g/mol. The molecule has 0 amide bonds. The highest BCUT2D eigenvalue weighted by Crippen LogP contribution is 2.22. The van der Waals surface area contributed by atoms with Crippen molar-refractivity contribution >= 4 is 23.2 Å². The SMILES string of the molecule is COc1cc(Nc2ncc(Cl)c(O)n2)ccn1. The summed E-state index contributed by atoms with van der Waals surface area (Å²) in [5.41, 5.74) is 0.693. The normalized spacial score (nSPS) is 10.0. The van der Waals surface area contributed by atoms with Crippen molar-refractivity contribution in [2.45, 2.75) is 0 Å². The molecule has 0 saturated heterocycles. The van der Waals surface area contributed by atoms with Gasteiger partial charge in [0.2, 0.25) is 17.7 Å². The number of nitrogens with one attached hydrogen (secondary N) is 1. The number of anilines is 2. The van der Waals surface area contributed by atoms with Gasteiger partial charge in [0, 0.05) is 18.0 Å². The van der Waals surface area contributed by atoms with Gasteiger partial charge in [-0.3, -0.25) is 0 Å². The van der Waals surface area contributed by atoms with Crippen LogP contribution in [0.5, 0.6) is 11.8 Å². The summed E-state index contributed by atoms with van der Waals surface area (Å²) in [5.74, 6) is 0.429. The molecule has 0 aliphatic heterocycles. The van der Waals surface area contributed by atoms with Crippen molar-refractivity contribution in [3.8, 4) is 11.8 Å². The van der Waals surface area contributed by atoms with Gasteiger partial charge in [-0.2, -0.15) is 4.98 Å². The van der Waals surface area contributed by atoms with Crippen molar-refractivity contribution in [2.75, 3.05) is 12.4 Å². The minimum Gasteiger partial charge on any atom is -0.492 e. The Balaban J connectivity index is 2.22. The fraction of sp³-hybridized carbons (Fsp3) is 0.100. The van der Waals surface area contributed by atoms with Crippen LogP contribution in [0.4, 0.5) is 11.6 Å². The van der Waals surface area contributed by atoms with Gasteiger partial charge in [0.05, 0.1) is 13.3 Å². The average Bonchev–Trinajstić information content (AvgIpc) is 2.34. The summed E-state index contributed by atoms with van der Waals surface area (Å²) in [7, 11) is 1.52. The van der Waals surface area contributed by atoms with E-state index < -0.39 is 0 Å². The van der Waals surface area contributed by atoms with E-state index in [2.05, 4.69) is 20.3 Å². The Bertz CT molecular complexity index is 535. The number of nitrogens with zero attached hydrogens (tertiary/aromatic N) is 3. The maximum absolute atomic E-state index is 9.32. The minimum absolute atomic E-state index is 0.0999. The van der Waals surface area contributed by atoms with Gasteiger partial charge < -0.3 is 15.2 Å². The number of methoxy groups -OCH3 is 1. The molecular formula is C10H9ClN4O2. The number of aromatic hydroxyl groups is 1. The van der Waals surface area contributed by atoms with Gasteiger partial charge in [0.15, 0.2) is 0 Å². The molecule has 0 radical (unpaired) electrons. The van der Waals surface area contributed by atoms with Crippen molar-refractivity contribution in [1.82, 2.24) is 15.0 Å². The minimum atomic E-state index is -0.273. The molecule has 88 valence electrons. The summed E-state index contributed by atoms with van der Waals surface area (Å²) in [5, 5.41) is 12.3. The summed E-state index contributed by atoms with van der Waals surface area (Å²) in [6, 6.07) is 3.40. The molecule has 2 N–H and O–H groups in total. The Kier molecular flexibility index (Phi) is 3.24. The fourth-order valence-corrected chi connectivity index (χ4v) is 1.24. The van der Waals surface area contributed by atoms with E-state index in [1.54, 1.807) is 18.3 Å². The van der Waals surface area contributed by atoms with Gasteiger partial charge in [-0.1, -0.05) is 11.6 Å². The van der Waals surface area contributed by atoms with Crippen LogP contribution in [0.2, 0.25) is 5.02 Å². The largest absolute Gasteiger partial charge is 0.492 e. The highest BCUT2D eigenvalue weighted by molar-refractivity contribution is 6.31. The van der Waals surface area contributed by atoms with Gasteiger partial charge in [-0.05, 0) is 6.07 Å². The van der Waals surface area contributed by atoms with Gasteiger partial charge in [0.1, 0.15) is 5.02 Å². The van der Waals surface area contributed by atoms with E-state index in [0.29, 0.717) is 11.6 Å². The Morgan fingerprint density at radius 1 is 1.41 bits per heavy atom. The zero-order valence-electron chi connectivity index (χ0n) is 8.88. The molecule has 6 nitrogen and oxygen atoms in total. The molecule has 0 bridgehead atoms. The van der Waals surface area contributed by atoms with E-state index in [4.69, 9.17) is 16.3 Å². The third-order valence-electron chi connectivity index (χ3n) is 1.93. The number of hydrogen-bond donors (Lipinski definition) is 2. The lowest BCUT2D eigenvalue weighted by molar-refractivity contribution is 0.398. The smallest absolute Gasteiger partial charge is 0.235 e. The Hall–Kier alpha value is -2.08. The molecule has 0 unspecified atom stereocenters.